The lowest BCUT2D eigenvalue weighted by molar-refractivity contribution is -0.385. The normalized spacial score (nSPS) is 11.3. The first-order valence-electron chi connectivity index (χ1n) is 9.05. The maximum atomic E-state index is 12.5. The molecule has 1 aromatic heterocycles. The van der Waals surface area contributed by atoms with Gasteiger partial charge >= 0.3 is 10.1 Å². The van der Waals surface area contributed by atoms with Gasteiger partial charge in [0, 0.05) is 6.07 Å². The number of pyridine rings is 1. The van der Waals surface area contributed by atoms with Gasteiger partial charge in [0.1, 0.15) is 16.9 Å². The zero-order valence-electron chi connectivity index (χ0n) is 16.3. The Kier molecular flexibility index (Phi) is 6.78. The van der Waals surface area contributed by atoms with Crippen molar-refractivity contribution in [3.63, 3.8) is 0 Å². The summed E-state index contributed by atoms with van der Waals surface area (Å²) in [6.07, 6.45) is 2.57. The molecule has 0 atom stereocenters. The third-order valence-corrected chi connectivity index (χ3v) is 5.10. The fourth-order valence-corrected chi connectivity index (χ4v) is 3.39. The summed E-state index contributed by atoms with van der Waals surface area (Å²) in [4.78, 5) is 14.0. The maximum absolute atomic E-state index is 12.5. The van der Waals surface area contributed by atoms with Crippen LogP contribution < -0.4 is 14.3 Å². The topological polar surface area (TPSA) is 133 Å². The summed E-state index contributed by atoms with van der Waals surface area (Å²) in [5.41, 5.74) is 3.12. The van der Waals surface area contributed by atoms with Gasteiger partial charge in [0.25, 0.3) is 5.69 Å². The quantitative estimate of drug-likeness (QED) is 0.230. The van der Waals surface area contributed by atoms with Crippen LogP contribution in [0.5, 0.6) is 11.5 Å². The monoisotopic (exact) mass is 442 g/mol. The lowest BCUT2D eigenvalue weighted by atomic mass is 10.2. The summed E-state index contributed by atoms with van der Waals surface area (Å²) in [6.45, 7) is 2.06. The first-order valence-corrected chi connectivity index (χ1v) is 10.5. The Morgan fingerprint density at radius 3 is 2.55 bits per heavy atom. The van der Waals surface area contributed by atoms with E-state index < -0.39 is 15.0 Å². The number of benzene rings is 2. The third-order valence-electron chi connectivity index (χ3n) is 3.85. The van der Waals surface area contributed by atoms with E-state index in [-0.39, 0.29) is 22.1 Å². The van der Waals surface area contributed by atoms with E-state index in [1.54, 1.807) is 37.3 Å². The van der Waals surface area contributed by atoms with Crippen molar-refractivity contribution in [2.75, 3.05) is 12.0 Å². The highest BCUT2D eigenvalue weighted by Crippen LogP contribution is 2.30. The van der Waals surface area contributed by atoms with E-state index >= 15 is 0 Å². The van der Waals surface area contributed by atoms with E-state index in [9.17, 15) is 18.5 Å². The zero-order chi connectivity index (χ0) is 22.3. The smallest absolute Gasteiger partial charge is 0.339 e. The first kappa shape index (κ1) is 21.7. The van der Waals surface area contributed by atoms with Crippen molar-refractivity contribution in [3.05, 3.63) is 82.5 Å². The van der Waals surface area contributed by atoms with Crippen molar-refractivity contribution in [1.82, 2.24) is 4.98 Å². The van der Waals surface area contributed by atoms with Crippen molar-refractivity contribution < 1.29 is 22.3 Å². The molecule has 0 aliphatic rings. The van der Waals surface area contributed by atoms with E-state index in [1.165, 1.54) is 36.5 Å². The molecule has 0 unspecified atom stereocenters. The molecular weight excluding hydrogens is 424 g/mol. The van der Waals surface area contributed by atoms with Crippen LogP contribution in [-0.4, -0.2) is 31.1 Å². The molecule has 2 aromatic carbocycles. The van der Waals surface area contributed by atoms with Gasteiger partial charge in [0.2, 0.25) is 0 Å². The van der Waals surface area contributed by atoms with Crippen molar-refractivity contribution in [3.8, 4) is 11.5 Å². The zero-order valence-corrected chi connectivity index (χ0v) is 17.2. The predicted molar refractivity (Wildman–Crippen MR) is 114 cm³/mol. The Labute approximate surface area is 178 Å². The predicted octanol–water partition coefficient (Wildman–Crippen LogP) is 3.60. The molecule has 0 radical (unpaired) electrons. The largest absolute Gasteiger partial charge is 0.490 e. The number of nitro groups is 1. The molecule has 0 aliphatic heterocycles. The standard InChI is InChI=1S/C20H18N4O6S/c1-2-29-19-12-15(13-22-23-20-11-9-16(14-21-20)24(25)26)8-10-18(19)30-31(27,28)17-6-4-3-5-7-17/h3-14H,2H2,1H3,(H,21,23)/b22-13-. The van der Waals surface area contributed by atoms with Gasteiger partial charge in [0.05, 0.1) is 17.7 Å². The number of hydrogen-bond acceptors (Lipinski definition) is 9. The minimum Gasteiger partial charge on any atom is -0.490 e. The second-order valence-corrected chi connectivity index (χ2v) is 7.56. The number of nitrogens with zero attached hydrogens (tertiary/aromatic N) is 3. The number of ether oxygens (including phenoxy) is 1. The summed E-state index contributed by atoms with van der Waals surface area (Å²) >= 11 is 0. The van der Waals surface area contributed by atoms with Gasteiger partial charge in [-0.2, -0.15) is 13.5 Å². The molecular formula is C20H18N4O6S. The second kappa shape index (κ2) is 9.67. The van der Waals surface area contributed by atoms with Crippen LogP contribution in [0, 0.1) is 10.1 Å². The number of nitrogens with one attached hydrogen (secondary N) is 1. The van der Waals surface area contributed by atoms with Crippen LogP contribution >= 0.6 is 0 Å². The van der Waals surface area contributed by atoms with Crippen LogP contribution in [0.25, 0.3) is 0 Å². The summed E-state index contributed by atoms with van der Waals surface area (Å²) in [7, 11) is -4.01. The molecule has 0 spiro atoms. The van der Waals surface area contributed by atoms with Gasteiger partial charge in [-0.15, -0.1) is 0 Å². The molecule has 0 fully saturated rings. The minimum absolute atomic E-state index is 0.0304. The first-order chi connectivity index (χ1) is 14.9. The van der Waals surface area contributed by atoms with Crippen LogP contribution in [0.3, 0.4) is 0 Å². The molecule has 10 nitrogen and oxygen atoms in total. The SMILES string of the molecule is CCOc1cc(/C=N\Nc2ccc([N+](=O)[O-])cn2)ccc1OS(=O)(=O)c1ccccc1. The van der Waals surface area contributed by atoms with E-state index in [2.05, 4.69) is 15.5 Å². The van der Waals surface area contributed by atoms with E-state index in [0.717, 1.165) is 6.20 Å². The highest BCUT2D eigenvalue weighted by Gasteiger charge is 2.19. The molecule has 160 valence electrons. The van der Waals surface area contributed by atoms with Crippen LogP contribution in [0.4, 0.5) is 11.5 Å². The van der Waals surface area contributed by atoms with Crippen LogP contribution in [0.2, 0.25) is 0 Å². The summed E-state index contributed by atoms with van der Waals surface area (Å²) in [6, 6.07) is 15.2. The third kappa shape index (κ3) is 5.76. The molecule has 0 amide bonds. The van der Waals surface area contributed by atoms with Crippen molar-refractivity contribution in [2.24, 2.45) is 5.10 Å². The van der Waals surface area contributed by atoms with Crippen LogP contribution in [0.15, 0.2) is 76.9 Å². The maximum Gasteiger partial charge on any atom is 0.339 e. The number of rotatable bonds is 9. The minimum atomic E-state index is -4.01. The molecule has 0 aliphatic carbocycles. The van der Waals surface area contributed by atoms with Crippen molar-refractivity contribution >= 4 is 27.8 Å². The molecule has 31 heavy (non-hydrogen) atoms. The molecule has 3 aromatic rings. The number of anilines is 1. The Bertz CT molecular complexity index is 1180. The second-order valence-electron chi connectivity index (χ2n) is 6.02. The molecule has 3 rings (SSSR count). The Morgan fingerprint density at radius 2 is 1.90 bits per heavy atom. The van der Waals surface area contributed by atoms with E-state index in [4.69, 9.17) is 8.92 Å². The van der Waals surface area contributed by atoms with Crippen molar-refractivity contribution in [1.29, 1.82) is 0 Å². The van der Waals surface area contributed by atoms with E-state index in [1.807, 2.05) is 0 Å². The lowest BCUT2D eigenvalue weighted by Gasteiger charge is -2.12. The van der Waals surface area contributed by atoms with Gasteiger partial charge in [-0.3, -0.25) is 15.5 Å². The summed E-state index contributed by atoms with van der Waals surface area (Å²) < 4.78 is 35.7. The Morgan fingerprint density at radius 1 is 1.13 bits per heavy atom. The number of hydrogen-bond donors (Lipinski definition) is 1. The van der Waals surface area contributed by atoms with Crippen LogP contribution in [0.1, 0.15) is 12.5 Å². The number of aromatic nitrogens is 1. The summed E-state index contributed by atoms with van der Waals surface area (Å²) in [5.74, 6) is 0.605. The highest BCUT2D eigenvalue weighted by atomic mass is 32.2. The van der Waals surface area contributed by atoms with Gasteiger partial charge in [0.15, 0.2) is 11.5 Å². The van der Waals surface area contributed by atoms with Crippen molar-refractivity contribution in [2.45, 2.75) is 11.8 Å². The fraction of sp³-hybridized carbons (Fsp3) is 0.100. The molecule has 0 saturated carbocycles. The molecule has 0 bridgehead atoms. The van der Waals surface area contributed by atoms with Gasteiger partial charge in [-0.1, -0.05) is 18.2 Å². The molecule has 1 heterocycles. The van der Waals surface area contributed by atoms with Gasteiger partial charge < -0.3 is 8.92 Å². The van der Waals surface area contributed by atoms with Gasteiger partial charge in [-0.25, -0.2) is 4.98 Å². The van der Waals surface area contributed by atoms with Gasteiger partial charge in [-0.05, 0) is 48.9 Å². The number of hydrazone groups is 1. The summed E-state index contributed by atoms with van der Waals surface area (Å²) in [5, 5.41) is 14.7. The average Bonchev–Trinajstić information content (AvgIpc) is 2.76. The lowest BCUT2D eigenvalue weighted by Crippen LogP contribution is -2.10. The highest BCUT2D eigenvalue weighted by molar-refractivity contribution is 7.87. The fourth-order valence-electron chi connectivity index (χ4n) is 2.43. The molecule has 1 N–H and O–H groups in total. The van der Waals surface area contributed by atoms with E-state index in [0.29, 0.717) is 18.0 Å². The van der Waals surface area contributed by atoms with Crippen LogP contribution in [-0.2, 0) is 10.1 Å². The average molecular weight is 442 g/mol. The molecule has 11 heteroatoms. The molecule has 0 saturated heterocycles. The Hall–Kier alpha value is -3.99. The Balaban J connectivity index is 1.75.